The Balaban J connectivity index is 1.89. The van der Waals surface area contributed by atoms with Crippen molar-refractivity contribution in [2.24, 2.45) is 5.16 Å². The number of rotatable bonds is 7. The Kier molecular flexibility index (Phi) is 7.28. The van der Waals surface area contributed by atoms with Crippen molar-refractivity contribution in [3.63, 3.8) is 0 Å². The predicted octanol–water partition coefficient (Wildman–Crippen LogP) is 2.23. The summed E-state index contributed by atoms with van der Waals surface area (Å²) in [6.45, 7) is 19.2. The Morgan fingerprint density at radius 3 is 2.58 bits per heavy atom. The van der Waals surface area contributed by atoms with Crippen molar-refractivity contribution in [1.82, 2.24) is 19.7 Å². The minimum absolute atomic E-state index is 0.206. The predicted molar refractivity (Wildman–Crippen MR) is 134 cm³/mol. The van der Waals surface area contributed by atoms with Crippen LogP contribution in [0.1, 0.15) is 60.7 Å². The molecule has 0 amide bonds. The highest BCUT2D eigenvalue weighted by Gasteiger charge is 2.31. The van der Waals surface area contributed by atoms with Gasteiger partial charge in [-0.05, 0) is 18.4 Å². The molecular formula is C23H39N7O2Si+. The summed E-state index contributed by atoms with van der Waals surface area (Å²) in [5, 5.41) is 24.1. The zero-order valence-electron chi connectivity index (χ0n) is 21.3. The Morgan fingerprint density at radius 2 is 1.97 bits per heavy atom. The van der Waals surface area contributed by atoms with Gasteiger partial charge in [0.1, 0.15) is 23.9 Å². The fraction of sp³-hybridized carbons (Fsp3) is 0.696. The second-order valence-corrected chi connectivity index (χ2v) is 14.4. The maximum absolute atomic E-state index is 9.05. The molecule has 1 radical (unpaired) electrons. The van der Waals surface area contributed by atoms with Gasteiger partial charge in [0.15, 0.2) is 5.65 Å². The van der Waals surface area contributed by atoms with Crippen molar-refractivity contribution < 1.29 is 15.4 Å². The number of oxime groups is 1. The first-order chi connectivity index (χ1) is 15.3. The average Bonchev–Trinajstić information content (AvgIpc) is 3.36. The molecule has 1 aliphatic rings. The molecule has 0 spiro atoms. The van der Waals surface area contributed by atoms with Gasteiger partial charge in [0.05, 0.1) is 26.5 Å². The summed E-state index contributed by atoms with van der Waals surface area (Å²) in [4.78, 5) is 12.1. The van der Waals surface area contributed by atoms with E-state index in [2.05, 4.69) is 63.2 Å². The molecule has 2 aromatic rings. The fourth-order valence-corrected chi connectivity index (χ4v) is 4.41. The topological polar surface area (TPSA) is 114 Å². The maximum atomic E-state index is 9.05. The van der Waals surface area contributed by atoms with E-state index in [4.69, 9.17) is 25.3 Å². The van der Waals surface area contributed by atoms with Gasteiger partial charge in [-0.2, -0.15) is 5.10 Å². The number of ether oxygens (including phenoxy) is 1. The highest BCUT2D eigenvalue weighted by Crippen LogP contribution is 2.32. The van der Waals surface area contributed by atoms with E-state index in [1.165, 1.54) is 0 Å². The smallest absolute Gasteiger partial charge is 0.219 e. The van der Waals surface area contributed by atoms with Crippen molar-refractivity contribution in [3.05, 3.63) is 12.0 Å². The summed E-state index contributed by atoms with van der Waals surface area (Å²) < 4.78 is 8.08. The standard InChI is InChI=1S/C23H38N7O2Si/c1-15(28-31)18(24)13-30-20-17(11-25-30)19(26-21(27-20)22(2,3)4)29-10-9-16(12-29)32-14-33(8)23(5,6)7/h11,16,24,31H,9-10,12-14H2,1-8H3/p+1/b24-18?,28-15-/t16-/m0/s1. The molecule has 1 atom stereocenters. The van der Waals surface area contributed by atoms with Crippen molar-refractivity contribution in [2.45, 2.75) is 84.5 Å². The molecule has 3 heterocycles. The minimum Gasteiger partial charge on any atom is -0.410 e. The molecule has 10 heteroatoms. The Bertz CT molecular complexity index is 1040. The first-order valence-corrected chi connectivity index (χ1v) is 13.8. The molecule has 1 fully saturated rings. The van der Waals surface area contributed by atoms with Crippen LogP contribution < -0.4 is 10.3 Å². The molecule has 0 aliphatic carbocycles. The third-order valence-corrected chi connectivity index (χ3v) is 9.50. The zero-order valence-corrected chi connectivity index (χ0v) is 22.3. The van der Waals surface area contributed by atoms with Crippen LogP contribution in [0.4, 0.5) is 5.82 Å². The SMILES string of the molecule is C/C(=N/O)C(=[NH2+])Cn1ncc2c(N3CC[C@H](OC[Si](C)C(C)(C)C)C3)nc(C(C)(C)C)nc21. The third kappa shape index (κ3) is 5.78. The molecule has 0 aromatic carbocycles. The van der Waals surface area contributed by atoms with Gasteiger partial charge >= 0.3 is 0 Å². The van der Waals surface area contributed by atoms with Crippen LogP contribution >= 0.6 is 0 Å². The lowest BCUT2D eigenvalue weighted by molar-refractivity contribution is -0.113. The number of nitrogens with zero attached hydrogens (tertiary/aromatic N) is 6. The summed E-state index contributed by atoms with van der Waals surface area (Å²) in [5.74, 6) is 1.65. The van der Waals surface area contributed by atoms with Crippen LogP contribution in [0.5, 0.6) is 0 Å². The molecule has 0 unspecified atom stereocenters. The van der Waals surface area contributed by atoms with E-state index in [0.717, 1.165) is 48.4 Å². The lowest BCUT2D eigenvalue weighted by Gasteiger charge is -2.27. The van der Waals surface area contributed by atoms with Crippen molar-refractivity contribution in [2.75, 3.05) is 24.2 Å². The Morgan fingerprint density at radius 1 is 1.27 bits per heavy atom. The normalized spacial score (nSPS) is 18.0. The summed E-state index contributed by atoms with van der Waals surface area (Å²) in [6.07, 6.45) is 3.85. The molecule has 1 aliphatic heterocycles. The number of anilines is 1. The lowest BCUT2D eigenvalue weighted by Crippen LogP contribution is -2.46. The molecule has 181 valence electrons. The number of hydrogen-bond donors (Lipinski definition) is 2. The van der Waals surface area contributed by atoms with Crippen molar-refractivity contribution in [1.29, 1.82) is 0 Å². The fourth-order valence-electron chi connectivity index (χ4n) is 3.49. The summed E-state index contributed by atoms with van der Waals surface area (Å²) in [5.41, 5.74) is 1.31. The molecule has 0 saturated carbocycles. The Labute approximate surface area is 198 Å². The van der Waals surface area contributed by atoms with Gasteiger partial charge in [-0.1, -0.05) is 53.2 Å². The first kappa shape index (κ1) is 25.3. The van der Waals surface area contributed by atoms with Crippen molar-refractivity contribution in [3.8, 4) is 0 Å². The quantitative estimate of drug-likeness (QED) is 0.276. The molecule has 0 bridgehead atoms. The number of fused-ring (bicyclic) bond motifs is 1. The molecule has 3 rings (SSSR count). The summed E-state index contributed by atoms with van der Waals surface area (Å²) in [6, 6.07) is 0. The third-order valence-electron chi connectivity index (χ3n) is 6.34. The van der Waals surface area contributed by atoms with Gasteiger partial charge < -0.3 is 14.8 Å². The van der Waals surface area contributed by atoms with E-state index in [1.54, 1.807) is 17.8 Å². The van der Waals surface area contributed by atoms with Gasteiger partial charge in [-0.25, -0.2) is 14.6 Å². The van der Waals surface area contributed by atoms with Crippen LogP contribution in [0.15, 0.2) is 11.4 Å². The van der Waals surface area contributed by atoms with Crippen LogP contribution in [0, 0.1) is 0 Å². The van der Waals surface area contributed by atoms with E-state index >= 15 is 0 Å². The van der Waals surface area contributed by atoms with Crippen LogP contribution in [0.25, 0.3) is 11.0 Å². The van der Waals surface area contributed by atoms with Crippen LogP contribution in [-0.4, -0.2) is 70.6 Å². The molecule has 2 aromatic heterocycles. The van der Waals surface area contributed by atoms with Crippen LogP contribution in [0.2, 0.25) is 11.6 Å². The molecule has 1 saturated heterocycles. The highest BCUT2D eigenvalue weighted by molar-refractivity contribution is 6.60. The maximum Gasteiger partial charge on any atom is 0.219 e. The second-order valence-electron chi connectivity index (χ2n) is 11.1. The number of nitrogens with two attached hydrogens (primary N) is 1. The summed E-state index contributed by atoms with van der Waals surface area (Å²) >= 11 is 0. The second kappa shape index (κ2) is 9.50. The van der Waals surface area contributed by atoms with Crippen LogP contribution in [-0.2, 0) is 16.7 Å². The lowest BCUT2D eigenvalue weighted by atomic mass is 9.95. The largest absolute Gasteiger partial charge is 0.410 e. The summed E-state index contributed by atoms with van der Waals surface area (Å²) in [7, 11) is -0.572. The highest BCUT2D eigenvalue weighted by atomic mass is 28.3. The van der Waals surface area contributed by atoms with Crippen LogP contribution in [0.3, 0.4) is 0 Å². The first-order valence-electron chi connectivity index (χ1n) is 11.5. The monoisotopic (exact) mass is 473 g/mol. The Hall–Kier alpha value is -2.33. The molecule has 3 N–H and O–H groups in total. The molecule has 33 heavy (non-hydrogen) atoms. The van der Waals surface area contributed by atoms with Gasteiger partial charge in [-0.15, -0.1) is 0 Å². The van der Waals surface area contributed by atoms with Crippen molar-refractivity contribution >= 4 is 37.1 Å². The van der Waals surface area contributed by atoms with Gasteiger partial charge in [0.2, 0.25) is 5.71 Å². The molecular weight excluding hydrogens is 434 g/mol. The van der Waals surface area contributed by atoms with E-state index in [1.807, 2.05) is 0 Å². The number of aromatic nitrogens is 4. The van der Waals surface area contributed by atoms with Gasteiger partial charge in [0, 0.05) is 24.7 Å². The van der Waals surface area contributed by atoms with E-state index in [9.17, 15) is 0 Å². The van der Waals surface area contributed by atoms with E-state index in [0.29, 0.717) is 23.0 Å². The minimum atomic E-state index is -0.572. The molecule has 9 nitrogen and oxygen atoms in total. The van der Waals surface area contributed by atoms with Gasteiger partial charge in [0.25, 0.3) is 0 Å². The van der Waals surface area contributed by atoms with E-state index < -0.39 is 8.80 Å². The number of hydrogen-bond acceptors (Lipinski definition) is 7. The average molecular weight is 474 g/mol. The van der Waals surface area contributed by atoms with E-state index in [-0.39, 0.29) is 11.5 Å². The van der Waals surface area contributed by atoms with Gasteiger partial charge in [-0.3, -0.25) is 5.41 Å². The zero-order chi connectivity index (χ0) is 24.6.